The number of carbonyl (C=O) groups is 4. The highest BCUT2D eigenvalue weighted by atomic mass is 16.7. The zero-order valence-corrected chi connectivity index (χ0v) is 17.7. The predicted octanol–water partition coefficient (Wildman–Crippen LogP) is 0.767. The van der Waals surface area contributed by atoms with Crippen molar-refractivity contribution in [2.45, 2.75) is 51.5 Å². The second kappa shape index (κ2) is 10.6. The molecule has 31 heavy (non-hydrogen) atoms. The van der Waals surface area contributed by atoms with Crippen molar-refractivity contribution in [1.82, 2.24) is 0 Å². The minimum atomic E-state index is -1.52. The molecule has 2 rings (SSSR count). The second-order valence-corrected chi connectivity index (χ2v) is 6.46. The van der Waals surface area contributed by atoms with Gasteiger partial charge < -0.3 is 33.2 Å². The Morgan fingerprint density at radius 3 is 1.71 bits per heavy atom. The SMILES string of the molecule is COC(=O)[C@@H]1O[C@@H](Oc2ccc(OC)cc2)[C@@H](OC(C)=O)[C@H](OC(C)=O)[C@H]1OC(C)=O. The number of rotatable bonds is 7. The maximum atomic E-state index is 12.3. The van der Waals surface area contributed by atoms with Gasteiger partial charge in [0.2, 0.25) is 12.4 Å². The van der Waals surface area contributed by atoms with Crippen molar-refractivity contribution in [3.8, 4) is 11.5 Å². The highest BCUT2D eigenvalue weighted by molar-refractivity contribution is 5.77. The van der Waals surface area contributed by atoms with Crippen LogP contribution in [-0.4, -0.2) is 68.8 Å². The quantitative estimate of drug-likeness (QED) is 0.440. The summed E-state index contributed by atoms with van der Waals surface area (Å²) in [5.41, 5.74) is 0. The van der Waals surface area contributed by atoms with Gasteiger partial charge in [0.25, 0.3) is 0 Å². The van der Waals surface area contributed by atoms with Gasteiger partial charge in [0, 0.05) is 20.8 Å². The van der Waals surface area contributed by atoms with Gasteiger partial charge in [-0.1, -0.05) is 0 Å². The van der Waals surface area contributed by atoms with E-state index in [2.05, 4.69) is 0 Å². The second-order valence-electron chi connectivity index (χ2n) is 6.46. The van der Waals surface area contributed by atoms with E-state index in [1.54, 1.807) is 24.3 Å². The van der Waals surface area contributed by atoms with E-state index in [1.165, 1.54) is 7.11 Å². The molecule has 0 aliphatic carbocycles. The lowest BCUT2D eigenvalue weighted by atomic mass is 9.97. The summed E-state index contributed by atoms with van der Waals surface area (Å²) < 4.78 is 37.0. The molecule has 1 aliphatic heterocycles. The smallest absolute Gasteiger partial charge is 0.339 e. The summed E-state index contributed by atoms with van der Waals surface area (Å²) in [5, 5.41) is 0. The Morgan fingerprint density at radius 2 is 1.23 bits per heavy atom. The van der Waals surface area contributed by atoms with Crippen molar-refractivity contribution in [1.29, 1.82) is 0 Å². The third-order valence-electron chi connectivity index (χ3n) is 4.15. The molecule has 0 aromatic heterocycles. The molecule has 11 heteroatoms. The van der Waals surface area contributed by atoms with E-state index in [4.69, 9.17) is 33.2 Å². The van der Waals surface area contributed by atoms with Gasteiger partial charge in [-0.2, -0.15) is 0 Å². The van der Waals surface area contributed by atoms with Crippen LogP contribution >= 0.6 is 0 Å². The van der Waals surface area contributed by atoms with Crippen LogP contribution in [0.15, 0.2) is 24.3 Å². The molecule has 1 aromatic rings. The lowest BCUT2D eigenvalue weighted by Gasteiger charge is -2.43. The first-order chi connectivity index (χ1) is 14.7. The van der Waals surface area contributed by atoms with Gasteiger partial charge in [0.15, 0.2) is 18.3 Å². The number of carbonyl (C=O) groups excluding carboxylic acids is 4. The molecular formula is C20H24O11. The molecule has 170 valence electrons. The minimum Gasteiger partial charge on any atom is -0.497 e. The Balaban J connectivity index is 2.46. The molecule has 1 heterocycles. The maximum Gasteiger partial charge on any atom is 0.339 e. The summed E-state index contributed by atoms with van der Waals surface area (Å²) in [6.07, 6.45) is -7.15. The van der Waals surface area contributed by atoms with Crippen LogP contribution < -0.4 is 9.47 Å². The molecule has 0 radical (unpaired) electrons. The van der Waals surface area contributed by atoms with Crippen LogP contribution in [0, 0.1) is 0 Å². The highest BCUT2D eigenvalue weighted by Crippen LogP contribution is 2.31. The van der Waals surface area contributed by atoms with E-state index in [0.29, 0.717) is 5.75 Å². The largest absolute Gasteiger partial charge is 0.497 e. The highest BCUT2D eigenvalue weighted by Gasteiger charge is 2.55. The van der Waals surface area contributed by atoms with Crippen molar-refractivity contribution in [3.05, 3.63) is 24.3 Å². The number of benzene rings is 1. The van der Waals surface area contributed by atoms with Gasteiger partial charge in [-0.05, 0) is 24.3 Å². The van der Waals surface area contributed by atoms with Crippen molar-refractivity contribution < 1.29 is 52.3 Å². The van der Waals surface area contributed by atoms with Crippen molar-refractivity contribution in [3.63, 3.8) is 0 Å². The fourth-order valence-corrected chi connectivity index (χ4v) is 2.96. The summed E-state index contributed by atoms with van der Waals surface area (Å²) in [6, 6.07) is 6.34. The third kappa shape index (κ3) is 6.32. The normalized spacial score (nSPS) is 25.0. The molecule has 0 unspecified atom stereocenters. The Kier molecular flexibility index (Phi) is 8.20. The van der Waals surface area contributed by atoms with Crippen LogP contribution in [-0.2, 0) is 42.9 Å². The van der Waals surface area contributed by atoms with Gasteiger partial charge in [-0.15, -0.1) is 0 Å². The van der Waals surface area contributed by atoms with Gasteiger partial charge in [0.05, 0.1) is 14.2 Å². The molecular weight excluding hydrogens is 416 g/mol. The summed E-state index contributed by atoms with van der Waals surface area (Å²) in [7, 11) is 2.60. The summed E-state index contributed by atoms with van der Waals surface area (Å²) in [4.78, 5) is 47.5. The lowest BCUT2D eigenvalue weighted by molar-refractivity contribution is -0.282. The van der Waals surface area contributed by atoms with E-state index >= 15 is 0 Å². The number of methoxy groups -OCH3 is 2. The predicted molar refractivity (Wildman–Crippen MR) is 101 cm³/mol. The Labute approximate surface area is 178 Å². The maximum absolute atomic E-state index is 12.3. The van der Waals surface area contributed by atoms with Gasteiger partial charge >= 0.3 is 23.9 Å². The van der Waals surface area contributed by atoms with Crippen molar-refractivity contribution in [2.24, 2.45) is 0 Å². The molecule has 1 fully saturated rings. The molecule has 1 aromatic carbocycles. The standard InChI is InChI=1S/C20H24O11/c1-10(21)27-15-16(28-11(2)22)18(29-12(3)23)20(31-17(15)19(24)26-5)30-14-8-6-13(25-4)7-9-14/h6-9,15-18,20H,1-5H3/t15-,16-,17-,18+,20-/m1/s1. The van der Waals surface area contributed by atoms with Crippen LogP contribution in [0.1, 0.15) is 20.8 Å². The van der Waals surface area contributed by atoms with Crippen molar-refractivity contribution in [2.75, 3.05) is 14.2 Å². The van der Waals surface area contributed by atoms with Crippen LogP contribution in [0.2, 0.25) is 0 Å². The zero-order valence-electron chi connectivity index (χ0n) is 17.7. The molecule has 1 saturated heterocycles. The fraction of sp³-hybridized carbons (Fsp3) is 0.500. The summed E-state index contributed by atoms with van der Waals surface area (Å²) >= 11 is 0. The third-order valence-corrected chi connectivity index (χ3v) is 4.15. The Morgan fingerprint density at radius 1 is 0.742 bits per heavy atom. The zero-order chi connectivity index (χ0) is 23.1. The van der Waals surface area contributed by atoms with Crippen LogP contribution in [0.3, 0.4) is 0 Å². The molecule has 0 bridgehead atoms. The number of esters is 4. The van der Waals surface area contributed by atoms with E-state index in [9.17, 15) is 19.2 Å². The molecule has 1 aliphatic rings. The van der Waals surface area contributed by atoms with Gasteiger partial charge in [-0.25, -0.2) is 4.79 Å². The number of hydrogen-bond donors (Lipinski definition) is 0. The Hall–Kier alpha value is -3.34. The van der Waals surface area contributed by atoms with Gasteiger partial charge in [0.1, 0.15) is 11.5 Å². The monoisotopic (exact) mass is 440 g/mol. The number of hydrogen-bond acceptors (Lipinski definition) is 11. The average Bonchev–Trinajstić information content (AvgIpc) is 2.71. The van der Waals surface area contributed by atoms with E-state index < -0.39 is 54.6 Å². The van der Waals surface area contributed by atoms with Crippen LogP contribution in [0.4, 0.5) is 0 Å². The molecule has 0 spiro atoms. The number of ether oxygens (including phenoxy) is 7. The first-order valence-electron chi connectivity index (χ1n) is 9.22. The fourth-order valence-electron chi connectivity index (χ4n) is 2.96. The minimum absolute atomic E-state index is 0.277. The average molecular weight is 440 g/mol. The Bertz CT molecular complexity index is 804. The van der Waals surface area contributed by atoms with Crippen LogP contribution in [0.5, 0.6) is 11.5 Å². The lowest BCUT2D eigenvalue weighted by Crippen LogP contribution is -2.64. The summed E-state index contributed by atoms with van der Waals surface area (Å²) in [6.45, 7) is 3.33. The van der Waals surface area contributed by atoms with Gasteiger partial charge in [-0.3, -0.25) is 14.4 Å². The first-order valence-corrected chi connectivity index (χ1v) is 9.22. The molecule has 0 saturated carbocycles. The van der Waals surface area contributed by atoms with E-state index in [0.717, 1.165) is 27.9 Å². The van der Waals surface area contributed by atoms with E-state index in [-0.39, 0.29) is 5.75 Å². The van der Waals surface area contributed by atoms with Crippen molar-refractivity contribution >= 4 is 23.9 Å². The first kappa shape index (κ1) is 23.9. The van der Waals surface area contributed by atoms with E-state index in [1.807, 2.05) is 0 Å². The molecule has 5 atom stereocenters. The summed E-state index contributed by atoms with van der Waals surface area (Å²) in [5.74, 6) is -2.36. The molecule has 0 N–H and O–H groups in total. The van der Waals surface area contributed by atoms with Crippen LogP contribution in [0.25, 0.3) is 0 Å². The molecule has 11 nitrogen and oxygen atoms in total. The topological polar surface area (TPSA) is 133 Å². The molecule has 0 amide bonds.